The number of benzene rings is 2. The third-order valence-electron chi connectivity index (χ3n) is 4.18. The zero-order valence-electron chi connectivity index (χ0n) is 15.5. The summed E-state index contributed by atoms with van der Waals surface area (Å²) < 4.78 is 16.7. The zero-order valence-corrected chi connectivity index (χ0v) is 17.1. The van der Waals surface area contributed by atoms with Crippen LogP contribution < -0.4 is 19.5 Å². The van der Waals surface area contributed by atoms with Crippen molar-refractivity contribution in [3.63, 3.8) is 0 Å². The molecule has 8 nitrogen and oxygen atoms in total. The van der Waals surface area contributed by atoms with Crippen LogP contribution >= 0.6 is 15.9 Å². The van der Waals surface area contributed by atoms with E-state index in [9.17, 15) is 9.90 Å². The molecule has 1 atom stereocenters. The van der Waals surface area contributed by atoms with E-state index in [1.165, 1.54) is 27.4 Å². The Bertz CT molecular complexity index is 906. The highest BCUT2D eigenvalue weighted by atomic mass is 79.9. The molecular weight excluding hydrogens is 432 g/mol. The second-order valence-corrected chi connectivity index (χ2v) is 6.82. The monoisotopic (exact) mass is 450 g/mol. The Labute approximate surface area is 170 Å². The Morgan fingerprint density at radius 1 is 1.18 bits per heavy atom. The van der Waals surface area contributed by atoms with Crippen LogP contribution in [0.25, 0.3) is 0 Å². The fourth-order valence-corrected chi connectivity index (χ4v) is 3.12. The number of phenolic OH excluding ortho intramolecular Hbond substituents is 1. The van der Waals surface area contributed by atoms with Crippen LogP contribution in [0.1, 0.15) is 12.0 Å². The van der Waals surface area contributed by atoms with E-state index in [1.54, 1.807) is 24.3 Å². The molecule has 2 aromatic carbocycles. The molecule has 0 saturated carbocycles. The van der Waals surface area contributed by atoms with Gasteiger partial charge < -0.3 is 29.5 Å². The van der Waals surface area contributed by atoms with Crippen molar-refractivity contribution in [1.82, 2.24) is 0 Å². The number of hydrogen-bond donors (Lipinski definition) is 2. The van der Waals surface area contributed by atoms with Gasteiger partial charge in [0.2, 0.25) is 11.9 Å². The van der Waals surface area contributed by atoms with Gasteiger partial charge in [-0.2, -0.15) is 0 Å². The largest absolute Gasteiger partial charge is 0.506 e. The highest BCUT2D eigenvalue weighted by Crippen LogP contribution is 2.39. The SMILES string of the molecule is COc1cc(C2=NO[C@H](C(=O)Nc3cc(Br)ccc3O)C2)cc(OC)c1OC. The summed E-state index contributed by atoms with van der Waals surface area (Å²) in [6.07, 6.45) is -0.577. The molecule has 3 rings (SSSR count). The van der Waals surface area contributed by atoms with E-state index in [1.807, 2.05) is 0 Å². The maximum Gasteiger partial charge on any atom is 0.268 e. The maximum absolute atomic E-state index is 12.5. The van der Waals surface area contributed by atoms with Crippen molar-refractivity contribution in [2.75, 3.05) is 26.6 Å². The number of oxime groups is 1. The molecule has 9 heteroatoms. The Kier molecular flexibility index (Phi) is 5.93. The number of ether oxygens (including phenoxy) is 3. The Morgan fingerprint density at radius 2 is 1.86 bits per heavy atom. The average molecular weight is 451 g/mol. The molecule has 2 aromatic rings. The third-order valence-corrected chi connectivity index (χ3v) is 4.67. The first-order valence-electron chi connectivity index (χ1n) is 8.29. The van der Waals surface area contributed by atoms with Gasteiger partial charge in [-0.15, -0.1) is 0 Å². The van der Waals surface area contributed by atoms with Crippen molar-refractivity contribution < 1.29 is 28.9 Å². The van der Waals surface area contributed by atoms with E-state index in [-0.39, 0.29) is 17.9 Å². The van der Waals surface area contributed by atoms with Crippen LogP contribution in [-0.2, 0) is 9.63 Å². The van der Waals surface area contributed by atoms with Crippen LogP contribution in [0, 0.1) is 0 Å². The van der Waals surface area contributed by atoms with Crippen molar-refractivity contribution in [3.8, 4) is 23.0 Å². The first kappa shape index (κ1) is 19.8. The number of anilines is 1. The van der Waals surface area contributed by atoms with Gasteiger partial charge in [0.25, 0.3) is 5.91 Å². The molecule has 0 fully saturated rings. The van der Waals surface area contributed by atoms with Crippen LogP contribution in [0.5, 0.6) is 23.0 Å². The van der Waals surface area contributed by atoms with Gasteiger partial charge >= 0.3 is 0 Å². The lowest BCUT2D eigenvalue weighted by Gasteiger charge is -2.14. The molecule has 1 amide bonds. The summed E-state index contributed by atoms with van der Waals surface area (Å²) >= 11 is 3.30. The Balaban J connectivity index is 1.76. The minimum absolute atomic E-state index is 0.0414. The summed E-state index contributed by atoms with van der Waals surface area (Å²) in [6.45, 7) is 0. The minimum atomic E-state index is -0.826. The summed E-state index contributed by atoms with van der Waals surface area (Å²) in [6, 6.07) is 8.23. The molecule has 1 aliphatic rings. The molecule has 0 aliphatic carbocycles. The standard InChI is InChI=1S/C19H19BrN2O6/c1-25-15-6-10(7-16(26-2)18(15)27-3)12-9-17(28-22-12)19(24)21-13-8-11(20)4-5-14(13)23/h4-8,17,23H,9H2,1-3H3,(H,21,24)/t17-/m0/s1. The average Bonchev–Trinajstić information content (AvgIpc) is 3.20. The third kappa shape index (κ3) is 3.99. The zero-order chi connectivity index (χ0) is 20.3. The fraction of sp³-hybridized carbons (Fsp3) is 0.263. The number of rotatable bonds is 6. The van der Waals surface area contributed by atoms with E-state index in [4.69, 9.17) is 19.0 Å². The Morgan fingerprint density at radius 3 is 2.46 bits per heavy atom. The van der Waals surface area contributed by atoms with Gasteiger partial charge in [-0.1, -0.05) is 21.1 Å². The van der Waals surface area contributed by atoms with Gasteiger partial charge in [0.15, 0.2) is 11.5 Å². The topological polar surface area (TPSA) is 98.6 Å². The van der Waals surface area contributed by atoms with Crippen LogP contribution in [0.4, 0.5) is 5.69 Å². The van der Waals surface area contributed by atoms with Crippen molar-refractivity contribution in [2.24, 2.45) is 5.16 Å². The summed E-state index contributed by atoms with van der Waals surface area (Å²) in [7, 11) is 4.57. The van der Waals surface area contributed by atoms with Gasteiger partial charge in [-0.25, -0.2) is 0 Å². The lowest BCUT2D eigenvalue weighted by molar-refractivity contribution is -0.125. The number of carbonyl (C=O) groups is 1. The highest BCUT2D eigenvalue weighted by molar-refractivity contribution is 9.10. The summed E-state index contributed by atoms with van der Waals surface area (Å²) in [5, 5.41) is 16.5. The van der Waals surface area contributed by atoms with E-state index in [0.717, 1.165) is 4.47 Å². The van der Waals surface area contributed by atoms with Crippen LogP contribution in [0.2, 0.25) is 0 Å². The van der Waals surface area contributed by atoms with Gasteiger partial charge in [-0.05, 0) is 30.3 Å². The number of phenols is 1. The first-order valence-corrected chi connectivity index (χ1v) is 9.08. The molecule has 1 heterocycles. The lowest BCUT2D eigenvalue weighted by Crippen LogP contribution is -2.28. The molecule has 148 valence electrons. The molecule has 2 N–H and O–H groups in total. The fourth-order valence-electron chi connectivity index (χ4n) is 2.76. The van der Waals surface area contributed by atoms with Crippen molar-refractivity contribution in [2.45, 2.75) is 12.5 Å². The van der Waals surface area contributed by atoms with Gasteiger partial charge in [0.1, 0.15) is 5.75 Å². The quantitative estimate of drug-likeness (QED) is 0.654. The number of amides is 1. The second-order valence-electron chi connectivity index (χ2n) is 5.90. The molecular formula is C19H19BrN2O6. The molecule has 0 aromatic heterocycles. The predicted molar refractivity (Wildman–Crippen MR) is 107 cm³/mol. The molecule has 0 saturated heterocycles. The van der Waals surface area contributed by atoms with Crippen LogP contribution in [-0.4, -0.2) is 44.2 Å². The second kappa shape index (κ2) is 8.39. The normalized spacial score (nSPS) is 15.4. The molecule has 0 unspecified atom stereocenters. The Hall–Kier alpha value is -2.94. The van der Waals surface area contributed by atoms with Crippen molar-refractivity contribution >= 4 is 33.2 Å². The maximum atomic E-state index is 12.5. The number of nitrogens with zero attached hydrogens (tertiary/aromatic N) is 1. The molecule has 28 heavy (non-hydrogen) atoms. The van der Waals surface area contributed by atoms with Gasteiger partial charge in [-0.3, -0.25) is 4.79 Å². The lowest BCUT2D eigenvalue weighted by atomic mass is 10.0. The molecule has 0 bridgehead atoms. The predicted octanol–water partition coefficient (Wildman–Crippen LogP) is 3.31. The van der Waals surface area contributed by atoms with E-state index >= 15 is 0 Å². The number of carbonyl (C=O) groups excluding carboxylic acids is 1. The number of nitrogens with one attached hydrogen (secondary N) is 1. The van der Waals surface area contributed by atoms with Crippen molar-refractivity contribution in [3.05, 3.63) is 40.4 Å². The highest BCUT2D eigenvalue weighted by Gasteiger charge is 2.30. The number of hydrogen-bond acceptors (Lipinski definition) is 7. The van der Waals surface area contributed by atoms with Crippen LogP contribution in [0.15, 0.2) is 40.0 Å². The van der Waals surface area contributed by atoms with Gasteiger partial charge in [0, 0.05) is 16.5 Å². The molecule has 1 aliphatic heterocycles. The van der Waals surface area contributed by atoms with Crippen LogP contribution in [0.3, 0.4) is 0 Å². The minimum Gasteiger partial charge on any atom is -0.506 e. The smallest absolute Gasteiger partial charge is 0.268 e. The molecule has 0 radical (unpaired) electrons. The summed E-state index contributed by atoms with van der Waals surface area (Å²) in [5.74, 6) is 0.964. The summed E-state index contributed by atoms with van der Waals surface area (Å²) in [4.78, 5) is 17.8. The van der Waals surface area contributed by atoms with Crippen molar-refractivity contribution in [1.29, 1.82) is 0 Å². The van der Waals surface area contributed by atoms with E-state index < -0.39 is 12.0 Å². The van der Waals surface area contributed by atoms with E-state index in [2.05, 4.69) is 26.4 Å². The summed E-state index contributed by atoms with van der Waals surface area (Å²) in [5.41, 5.74) is 1.54. The number of methoxy groups -OCH3 is 3. The number of aromatic hydroxyl groups is 1. The van der Waals surface area contributed by atoms with E-state index in [0.29, 0.717) is 28.5 Å². The molecule has 0 spiro atoms. The van der Waals surface area contributed by atoms with Gasteiger partial charge in [0.05, 0.1) is 32.7 Å². The number of halogens is 1. The first-order chi connectivity index (χ1) is 13.5.